The van der Waals surface area contributed by atoms with Crippen LogP contribution in [0.1, 0.15) is 18.5 Å². The number of hydrogen-bond donors (Lipinski definition) is 4. The Kier molecular flexibility index (Phi) is 6.84. The van der Waals surface area contributed by atoms with Crippen LogP contribution in [0.5, 0.6) is 0 Å². The zero-order valence-electron chi connectivity index (χ0n) is 19.5. The number of aromatic nitrogens is 5. The number of amides is 2. The summed E-state index contributed by atoms with van der Waals surface area (Å²) in [6.07, 6.45) is 3.93. The molecule has 0 spiro atoms. The second kappa shape index (κ2) is 10.3. The van der Waals surface area contributed by atoms with E-state index in [1.807, 2.05) is 60.6 Å². The molecule has 1 aliphatic heterocycles. The van der Waals surface area contributed by atoms with Gasteiger partial charge in [0.25, 0.3) is 0 Å². The molecule has 0 unspecified atom stereocenters. The van der Waals surface area contributed by atoms with E-state index in [1.165, 1.54) is 11.8 Å². The van der Waals surface area contributed by atoms with Crippen molar-refractivity contribution >= 4 is 40.6 Å². The third-order valence-electron chi connectivity index (χ3n) is 5.63. The molecule has 3 aromatic heterocycles. The minimum atomic E-state index is -0.265. The number of ether oxygens (including phenoxy) is 1. The van der Waals surface area contributed by atoms with Crippen LogP contribution in [0.4, 0.5) is 22.1 Å². The quantitative estimate of drug-likeness (QED) is 0.292. The summed E-state index contributed by atoms with van der Waals surface area (Å²) >= 11 is 1.43. The third-order valence-corrected chi connectivity index (χ3v) is 6.49. The minimum absolute atomic E-state index is 0.207. The molecule has 1 aromatic carbocycles. The average Bonchev–Trinajstić information content (AvgIpc) is 3.58. The molecule has 0 bridgehead atoms. The topological polar surface area (TPSA) is 124 Å². The van der Waals surface area contributed by atoms with Crippen molar-refractivity contribution in [3.05, 3.63) is 54.4 Å². The molecule has 1 atom stereocenters. The van der Waals surface area contributed by atoms with Crippen LogP contribution < -0.4 is 16.1 Å². The van der Waals surface area contributed by atoms with Crippen molar-refractivity contribution in [1.29, 1.82) is 0 Å². The number of aromatic amines is 1. The maximum atomic E-state index is 12.4. The van der Waals surface area contributed by atoms with E-state index < -0.39 is 0 Å². The average molecular weight is 494 g/mol. The van der Waals surface area contributed by atoms with E-state index in [4.69, 9.17) is 9.72 Å². The summed E-state index contributed by atoms with van der Waals surface area (Å²) in [5.74, 6) is 1.36. The van der Waals surface area contributed by atoms with Crippen molar-refractivity contribution < 1.29 is 9.53 Å². The predicted molar refractivity (Wildman–Crippen MR) is 134 cm³/mol. The van der Waals surface area contributed by atoms with E-state index in [0.717, 1.165) is 35.5 Å². The number of carbonyl (C=O) groups is 1. The molecule has 0 aliphatic carbocycles. The monoisotopic (exact) mass is 493 g/mol. The molecule has 1 saturated heterocycles. The first-order valence-corrected chi connectivity index (χ1v) is 12.1. The number of urea groups is 1. The van der Waals surface area contributed by atoms with Crippen molar-refractivity contribution in [1.82, 2.24) is 35.2 Å². The lowest BCUT2D eigenvalue weighted by molar-refractivity contribution is 0.0930. The van der Waals surface area contributed by atoms with Gasteiger partial charge < -0.3 is 15.4 Å². The van der Waals surface area contributed by atoms with Crippen LogP contribution in [0, 0.1) is 6.92 Å². The van der Waals surface area contributed by atoms with Gasteiger partial charge >= 0.3 is 6.03 Å². The molecule has 4 aromatic rings. The van der Waals surface area contributed by atoms with Crippen molar-refractivity contribution in [2.24, 2.45) is 0 Å². The molecule has 2 amide bonds. The first kappa shape index (κ1) is 23.1. The van der Waals surface area contributed by atoms with Gasteiger partial charge in [0.2, 0.25) is 5.16 Å². The third kappa shape index (κ3) is 5.56. The van der Waals surface area contributed by atoms with Gasteiger partial charge in [-0.05, 0) is 67.9 Å². The van der Waals surface area contributed by atoms with Gasteiger partial charge in [0, 0.05) is 42.2 Å². The second-order valence-electron chi connectivity index (χ2n) is 8.28. The molecule has 0 saturated carbocycles. The second-order valence-corrected chi connectivity index (χ2v) is 9.32. The van der Waals surface area contributed by atoms with Gasteiger partial charge in [0.15, 0.2) is 11.6 Å². The van der Waals surface area contributed by atoms with Crippen LogP contribution in [0.2, 0.25) is 0 Å². The Morgan fingerprint density at radius 2 is 2.14 bits per heavy atom. The van der Waals surface area contributed by atoms with Crippen molar-refractivity contribution in [2.45, 2.75) is 35.9 Å². The smallest absolute Gasteiger partial charge is 0.333 e. The molecule has 0 radical (unpaired) electrons. The fourth-order valence-corrected chi connectivity index (χ4v) is 4.75. The zero-order valence-corrected chi connectivity index (χ0v) is 20.3. The Balaban J connectivity index is 1.24. The lowest BCUT2D eigenvalue weighted by Crippen LogP contribution is -2.48. The van der Waals surface area contributed by atoms with E-state index in [9.17, 15) is 4.79 Å². The number of aryl methyl sites for hydroxylation is 1. The Morgan fingerprint density at radius 3 is 2.91 bits per heavy atom. The molecule has 182 valence electrons. The van der Waals surface area contributed by atoms with E-state index in [1.54, 1.807) is 11.6 Å². The summed E-state index contributed by atoms with van der Waals surface area (Å²) < 4.78 is 7.02. The highest BCUT2D eigenvalue weighted by Gasteiger charge is 2.25. The number of carbonyl (C=O) groups excluding carboxylic acids is 1. The maximum absolute atomic E-state index is 12.4. The largest absolute Gasteiger partial charge is 0.383 e. The van der Waals surface area contributed by atoms with E-state index in [2.05, 4.69) is 31.4 Å². The number of nitrogens with one attached hydrogen (secondary N) is 4. The number of H-pyrrole nitrogens is 1. The maximum Gasteiger partial charge on any atom is 0.333 e. The number of fused-ring (bicyclic) bond motifs is 1. The van der Waals surface area contributed by atoms with Crippen molar-refractivity contribution in [3.63, 3.8) is 0 Å². The summed E-state index contributed by atoms with van der Waals surface area (Å²) in [6, 6.07) is 13.3. The van der Waals surface area contributed by atoms with Crippen LogP contribution in [-0.4, -0.2) is 62.1 Å². The molecule has 11 nitrogen and oxygen atoms in total. The lowest BCUT2D eigenvalue weighted by Gasteiger charge is -2.24. The first-order valence-electron chi connectivity index (χ1n) is 11.3. The van der Waals surface area contributed by atoms with Crippen LogP contribution in [0.3, 0.4) is 0 Å². The fraction of sp³-hybridized carbons (Fsp3) is 0.304. The number of hydrazine groups is 1. The van der Waals surface area contributed by atoms with Gasteiger partial charge in [-0.2, -0.15) is 5.10 Å². The zero-order chi connectivity index (χ0) is 24.2. The normalized spacial score (nSPS) is 16.0. The van der Waals surface area contributed by atoms with Gasteiger partial charge in [-0.15, -0.1) is 5.10 Å². The van der Waals surface area contributed by atoms with E-state index in [-0.39, 0.29) is 12.1 Å². The Morgan fingerprint density at radius 1 is 1.29 bits per heavy atom. The van der Waals surface area contributed by atoms with Crippen molar-refractivity contribution in [3.8, 4) is 0 Å². The number of nitrogens with zero attached hydrogens (tertiary/aromatic N) is 5. The van der Waals surface area contributed by atoms with Gasteiger partial charge in [0.05, 0.1) is 12.6 Å². The van der Waals surface area contributed by atoms with Crippen LogP contribution >= 0.6 is 11.8 Å². The molecule has 12 heteroatoms. The molecule has 1 aliphatic rings. The summed E-state index contributed by atoms with van der Waals surface area (Å²) in [5, 5.41) is 20.4. The van der Waals surface area contributed by atoms with Gasteiger partial charge in [-0.3, -0.25) is 10.5 Å². The molecule has 4 N–H and O–H groups in total. The van der Waals surface area contributed by atoms with Gasteiger partial charge in [-0.1, -0.05) is 0 Å². The highest BCUT2D eigenvalue weighted by atomic mass is 32.2. The molecule has 5 rings (SSSR count). The molecule has 35 heavy (non-hydrogen) atoms. The van der Waals surface area contributed by atoms with Crippen LogP contribution in [0.25, 0.3) is 5.52 Å². The van der Waals surface area contributed by atoms with Crippen LogP contribution in [0.15, 0.2) is 58.7 Å². The van der Waals surface area contributed by atoms with Crippen molar-refractivity contribution in [2.75, 3.05) is 30.9 Å². The molecular formula is C23H27N9O2S. The van der Waals surface area contributed by atoms with Crippen LogP contribution in [-0.2, 0) is 4.74 Å². The lowest BCUT2D eigenvalue weighted by atomic mass is 10.2. The summed E-state index contributed by atoms with van der Waals surface area (Å²) in [4.78, 5) is 18.1. The first-order chi connectivity index (χ1) is 17.1. The fourth-order valence-electron chi connectivity index (χ4n) is 4.00. The molecule has 4 heterocycles. The predicted octanol–water partition coefficient (Wildman–Crippen LogP) is 3.80. The number of hydrogen-bond acceptors (Lipinski definition) is 8. The number of rotatable bonds is 8. The highest BCUT2D eigenvalue weighted by Crippen LogP contribution is 2.29. The van der Waals surface area contributed by atoms with E-state index in [0.29, 0.717) is 29.1 Å². The molecular weight excluding hydrogens is 466 g/mol. The summed E-state index contributed by atoms with van der Waals surface area (Å²) in [7, 11) is 1.68. The highest BCUT2D eigenvalue weighted by molar-refractivity contribution is 7.99. The standard InChI is InChI=1S/C23H27N9O2S/c1-15-13-20(28-27-15)25-21-19-6-4-12-32(19)30-23(26-21)35-18-9-7-16(8-10-18)24-22(33)29-31-11-3-5-17(31)14-34-2/h4,6-10,12-13,17H,3,5,11,14H2,1-2H3,(H2,24,29,33)(H2,25,26,27,28,30)/t17-/m1/s1. The minimum Gasteiger partial charge on any atom is -0.383 e. The number of benzene rings is 1. The van der Waals surface area contributed by atoms with Gasteiger partial charge in [0.1, 0.15) is 5.52 Å². The SMILES string of the molecule is COC[C@H]1CCCN1NC(=O)Nc1ccc(Sc2nc(Nc3cc(C)[nH]n3)c3cccn3n2)cc1. The Hall–Kier alpha value is -3.61. The molecule has 1 fully saturated rings. The summed E-state index contributed by atoms with van der Waals surface area (Å²) in [6.45, 7) is 3.36. The summed E-state index contributed by atoms with van der Waals surface area (Å²) in [5.41, 5.74) is 5.43. The Bertz CT molecular complexity index is 1300. The van der Waals surface area contributed by atoms with E-state index >= 15 is 0 Å². The number of methoxy groups -OCH3 is 1. The Labute approximate surface area is 206 Å². The number of anilines is 3. The van der Waals surface area contributed by atoms with Gasteiger partial charge in [-0.25, -0.2) is 19.3 Å².